The van der Waals surface area contributed by atoms with Crippen molar-refractivity contribution in [3.63, 3.8) is 0 Å². The van der Waals surface area contributed by atoms with Crippen molar-refractivity contribution < 1.29 is 9.59 Å². The highest BCUT2D eigenvalue weighted by atomic mass is 32.2. The first-order valence-electron chi connectivity index (χ1n) is 5.20. The number of hydrogen-bond donors (Lipinski definition) is 1. The average molecular weight is 248 g/mol. The van der Waals surface area contributed by atoms with Crippen LogP contribution in [0.5, 0.6) is 0 Å². The molecule has 4 nitrogen and oxygen atoms in total. The van der Waals surface area contributed by atoms with Crippen LogP contribution < -0.4 is 5.32 Å². The van der Waals surface area contributed by atoms with Gasteiger partial charge in [-0.15, -0.1) is 0 Å². The Labute approximate surface area is 104 Å². The van der Waals surface area contributed by atoms with Gasteiger partial charge in [-0.3, -0.25) is 14.6 Å². The van der Waals surface area contributed by atoms with Crippen LogP contribution in [0.3, 0.4) is 0 Å². The lowest BCUT2D eigenvalue weighted by molar-refractivity contribution is -0.110. The summed E-state index contributed by atoms with van der Waals surface area (Å²) in [4.78, 5) is 27.6. The summed E-state index contributed by atoms with van der Waals surface area (Å²) >= 11 is 1.21. The molecule has 2 heterocycles. The second-order valence-electron chi connectivity index (χ2n) is 3.74. The van der Waals surface area contributed by atoms with E-state index < -0.39 is 0 Å². The summed E-state index contributed by atoms with van der Waals surface area (Å²) in [5.74, 6) is -0.0305. The monoisotopic (exact) mass is 248 g/mol. The molecule has 1 aromatic rings. The average Bonchev–Trinajstić information content (AvgIpc) is 2.29. The first-order valence-corrected chi connectivity index (χ1v) is 6.02. The van der Waals surface area contributed by atoms with Gasteiger partial charge < -0.3 is 5.32 Å². The number of aromatic nitrogens is 1. The standard InChI is InChI=1S/C12H12N2O2S/c1-7(15)10-5-13-4-3-9(10)12-8(2)17-11(16)6-14-12/h3-5,14H,6H2,1-2H3. The summed E-state index contributed by atoms with van der Waals surface area (Å²) in [7, 11) is 0. The van der Waals surface area contributed by atoms with E-state index in [0.29, 0.717) is 5.56 Å². The highest BCUT2D eigenvalue weighted by molar-refractivity contribution is 8.17. The second kappa shape index (κ2) is 4.71. The van der Waals surface area contributed by atoms with Gasteiger partial charge in [0.2, 0.25) is 5.12 Å². The van der Waals surface area contributed by atoms with Crippen molar-refractivity contribution in [3.05, 3.63) is 34.5 Å². The Balaban J connectivity index is 2.51. The number of Topliss-reactive ketones (excluding diaryl/α,β-unsaturated/α-hetero) is 1. The van der Waals surface area contributed by atoms with E-state index in [1.165, 1.54) is 18.7 Å². The van der Waals surface area contributed by atoms with E-state index in [1.807, 2.05) is 6.92 Å². The van der Waals surface area contributed by atoms with Gasteiger partial charge in [0.1, 0.15) is 0 Å². The first-order chi connectivity index (χ1) is 8.09. The van der Waals surface area contributed by atoms with Gasteiger partial charge in [-0.25, -0.2) is 0 Å². The maximum Gasteiger partial charge on any atom is 0.212 e. The van der Waals surface area contributed by atoms with E-state index in [4.69, 9.17) is 0 Å². The fourth-order valence-corrected chi connectivity index (χ4v) is 2.49. The SMILES string of the molecule is CC(=O)c1cnccc1C1=C(C)SC(=O)CN1. The van der Waals surface area contributed by atoms with Crippen molar-refractivity contribution in [3.8, 4) is 0 Å². The van der Waals surface area contributed by atoms with Gasteiger partial charge >= 0.3 is 0 Å². The van der Waals surface area contributed by atoms with Gasteiger partial charge in [-0.2, -0.15) is 0 Å². The number of nitrogens with zero attached hydrogens (tertiary/aromatic N) is 1. The van der Waals surface area contributed by atoms with Crippen molar-refractivity contribution in [1.29, 1.82) is 0 Å². The number of hydrogen-bond acceptors (Lipinski definition) is 5. The van der Waals surface area contributed by atoms with Crippen molar-refractivity contribution in [2.24, 2.45) is 0 Å². The molecule has 2 rings (SSSR count). The number of thioether (sulfide) groups is 1. The highest BCUT2D eigenvalue weighted by Gasteiger charge is 2.20. The summed E-state index contributed by atoms with van der Waals surface area (Å²) < 4.78 is 0. The minimum absolute atomic E-state index is 0.0305. The molecule has 0 amide bonds. The fraction of sp³-hybridized carbons (Fsp3) is 0.250. The Morgan fingerprint density at radius 1 is 1.53 bits per heavy atom. The summed E-state index contributed by atoms with van der Waals surface area (Å²) in [6, 6.07) is 1.79. The molecule has 0 aromatic carbocycles. The molecule has 1 aliphatic heterocycles. The number of carbonyl (C=O) groups is 2. The number of nitrogens with one attached hydrogen (secondary N) is 1. The van der Waals surface area contributed by atoms with Crippen molar-refractivity contribution >= 4 is 28.4 Å². The maximum absolute atomic E-state index is 11.5. The molecule has 0 unspecified atom stereocenters. The second-order valence-corrected chi connectivity index (χ2v) is 5.01. The van der Waals surface area contributed by atoms with Gasteiger partial charge in [0, 0.05) is 28.4 Å². The lowest BCUT2D eigenvalue weighted by Crippen LogP contribution is -2.25. The zero-order valence-electron chi connectivity index (χ0n) is 9.61. The van der Waals surface area contributed by atoms with Crippen LogP contribution in [0, 0.1) is 0 Å². The number of pyridine rings is 1. The fourth-order valence-electron chi connectivity index (χ4n) is 1.72. The van der Waals surface area contributed by atoms with Gasteiger partial charge in [-0.05, 0) is 19.9 Å². The molecule has 1 aliphatic rings. The van der Waals surface area contributed by atoms with Crippen molar-refractivity contribution in [2.45, 2.75) is 13.8 Å². The van der Waals surface area contributed by atoms with Crippen LogP contribution in [0.1, 0.15) is 29.8 Å². The van der Waals surface area contributed by atoms with Crippen LogP contribution in [-0.4, -0.2) is 22.4 Å². The first kappa shape index (κ1) is 11.9. The van der Waals surface area contributed by atoms with Crippen LogP contribution >= 0.6 is 11.8 Å². The predicted molar refractivity (Wildman–Crippen MR) is 67.4 cm³/mol. The Hall–Kier alpha value is -1.62. The lowest BCUT2D eigenvalue weighted by Gasteiger charge is -2.20. The molecule has 88 valence electrons. The molecule has 1 N–H and O–H groups in total. The predicted octanol–water partition coefficient (Wildman–Crippen LogP) is 1.84. The number of ketones is 1. The molecule has 0 aliphatic carbocycles. The third kappa shape index (κ3) is 2.39. The van der Waals surface area contributed by atoms with Crippen LogP contribution in [0.2, 0.25) is 0 Å². The quantitative estimate of drug-likeness (QED) is 0.809. The lowest BCUT2D eigenvalue weighted by atomic mass is 10.0. The van der Waals surface area contributed by atoms with Crippen molar-refractivity contribution in [2.75, 3.05) is 6.54 Å². The van der Waals surface area contributed by atoms with E-state index in [0.717, 1.165) is 16.2 Å². The molecule has 0 saturated heterocycles. The summed E-state index contributed by atoms with van der Waals surface area (Å²) in [5.41, 5.74) is 2.23. The van der Waals surface area contributed by atoms with E-state index in [2.05, 4.69) is 10.3 Å². The number of allylic oxidation sites excluding steroid dienone is 1. The molecule has 0 saturated carbocycles. The van der Waals surface area contributed by atoms with Crippen LogP contribution in [0.15, 0.2) is 23.4 Å². The molecule has 1 aromatic heterocycles. The van der Waals surface area contributed by atoms with E-state index in [9.17, 15) is 9.59 Å². The number of carbonyl (C=O) groups excluding carboxylic acids is 2. The topological polar surface area (TPSA) is 59.1 Å². The van der Waals surface area contributed by atoms with Gasteiger partial charge in [0.25, 0.3) is 0 Å². The Morgan fingerprint density at radius 3 is 2.94 bits per heavy atom. The third-order valence-electron chi connectivity index (χ3n) is 2.50. The molecule has 0 radical (unpaired) electrons. The summed E-state index contributed by atoms with van der Waals surface area (Å²) in [6.45, 7) is 3.67. The van der Waals surface area contributed by atoms with E-state index in [1.54, 1.807) is 18.5 Å². The Morgan fingerprint density at radius 2 is 2.29 bits per heavy atom. The Bertz CT molecular complexity index is 523. The van der Waals surface area contributed by atoms with Crippen LogP contribution in [0.25, 0.3) is 5.70 Å². The van der Waals surface area contributed by atoms with Crippen molar-refractivity contribution in [1.82, 2.24) is 10.3 Å². The Kier molecular flexibility index (Phi) is 3.28. The summed E-state index contributed by atoms with van der Waals surface area (Å²) in [5, 5.41) is 3.15. The third-order valence-corrected chi connectivity index (χ3v) is 3.38. The maximum atomic E-state index is 11.5. The molecular weight excluding hydrogens is 236 g/mol. The minimum atomic E-state index is -0.0305. The van der Waals surface area contributed by atoms with Gasteiger partial charge in [-0.1, -0.05) is 11.8 Å². The summed E-state index contributed by atoms with van der Waals surface area (Å²) in [6.07, 6.45) is 3.20. The molecule has 0 fully saturated rings. The zero-order valence-corrected chi connectivity index (χ0v) is 10.4. The van der Waals surface area contributed by atoms with Gasteiger partial charge in [0.15, 0.2) is 5.78 Å². The van der Waals surface area contributed by atoms with E-state index in [-0.39, 0.29) is 17.4 Å². The molecular formula is C12H12N2O2S. The normalized spacial score (nSPS) is 15.8. The van der Waals surface area contributed by atoms with Crippen LogP contribution in [-0.2, 0) is 4.79 Å². The van der Waals surface area contributed by atoms with E-state index >= 15 is 0 Å². The van der Waals surface area contributed by atoms with Crippen LogP contribution in [0.4, 0.5) is 0 Å². The number of rotatable bonds is 2. The minimum Gasteiger partial charge on any atom is -0.376 e. The largest absolute Gasteiger partial charge is 0.376 e. The molecule has 0 atom stereocenters. The smallest absolute Gasteiger partial charge is 0.212 e. The molecule has 17 heavy (non-hydrogen) atoms. The van der Waals surface area contributed by atoms with Gasteiger partial charge in [0.05, 0.1) is 12.2 Å². The molecule has 0 bridgehead atoms. The zero-order chi connectivity index (χ0) is 12.4. The molecule has 5 heteroatoms. The molecule has 0 spiro atoms. The highest BCUT2D eigenvalue weighted by Crippen LogP contribution is 2.30.